The van der Waals surface area contributed by atoms with Gasteiger partial charge < -0.3 is 4.74 Å². The van der Waals surface area contributed by atoms with Crippen LogP contribution in [0.2, 0.25) is 10.0 Å². The van der Waals surface area contributed by atoms with Gasteiger partial charge in [-0.2, -0.15) is 0 Å². The number of ether oxygens (including phenoxy) is 1. The van der Waals surface area contributed by atoms with Gasteiger partial charge in [-0.05, 0) is 37.6 Å². The highest BCUT2D eigenvalue weighted by Gasteiger charge is 2.10. The third-order valence-corrected chi connectivity index (χ3v) is 3.25. The van der Waals surface area contributed by atoms with Crippen LogP contribution < -0.4 is 4.74 Å². The van der Waals surface area contributed by atoms with Gasteiger partial charge in [-0.15, -0.1) is 0 Å². The second-order valence-corrected chi connectivity index (χ2v) is 4.71. The van der Waals surface area contributed by atoms with Crippen molar-refractivity contribution in [2.24, 2.45) is 0 Å². The lowest BCUT2D eigenvalue weighted by molar-refractivity contribution is 0.482. The third kappa shape index (κ3) is 2.74. The van der Waals surface area contributed by atoms with E-state index in [4.69, 9.17) is 27.9 Å². The fourth-order valence-electron chi connectivity index (χ4n) is 1.45. The van der Waals surface area contributed by atoms with Crippen molar-refractivity contribution in [3.8, 4) is 11.5 Å². The minimum Gasteiger partial charge on any atom is -0.454 e. The van der Waals surface area contributed by atoms with Gasteiger partial charge in [-0.25, -0.2) is 0 Å². The molecule has 1 nitrogen and oxygen atoms in total. The summed E-state index contributed by atoms with van der Waals surface area (Å²) in [6.45, 7) is 3.94. The second kappa shape index (κ2) is 4.99. The van der Waals surface area contributed by atoms with Crippen LogP contribution in [0, 0.1) is 13.8 Å². The molecular formula is C14H12Cl2O. The number of benzene rings is 2. The minimum absolute atomic E-state index is 0.511. The lowest BCUT2D eigenvalue weighted by Gasteiger charge is -2.11. The lowest BCUT2D eigenvalue weighted by Crippen LogP contribution is -1.88. The van der Waals surface area contributed by atoms with Crippen LogP contribution in [0.25, 0.3) is 0 Å². The summed E-state index contributed by atoms with van der Waals surface area (Å²) in [5.74, 6) is 1.24. The number of hydrogen-bond acceptors (Lipinski definition) is 1. The summed E-state index contributed by atoms with van der Waals surface area (Å²) < 4.78 is 5.71. The maximum Gasteiger partial charge on any atom is 0.164 e. The van der Waals surface area contributed by atoms with Gasteiger partial charge in [-0.3, -0.25) is 0 Å². The summed E-state index contributed by atoms with van der Waals surface area (Å²) in [6, 6.07) is 11.4. The molecule has 17 heavy (non-hydrogen) atoms. The number of halogens is 2. The summed E-state index contributed by atoms with van der Waals surface area (Å²) in [4.78, 5) is 0. The monoisotopic (exact) mass is 266 g/mol. The van der Waals surface area contributed by atoms with Gasteiger partial charge in [0.05, 0.1) is 10.0 Å². The van der Waals surface area contributed by atoms with Crippen molar-refractivity contribution in [2.45, 2.75) is 13.8 Å². The molecule has 0 amide bonds. The van der Waals surface area contributed by atoms with Gasteiger partial charge in [0.25, 0.3) is 0 Å². The molecule has 0 spiro atoms. The molecule has 0 heterocycles. The smallest absolute Gasteiger partial charge is 0.164 e. The first-order valence-corrected chi connectivity index (χ1v) is 6.02. The molecule has 0 saturated carbocycles. The Morgan fingerprint density at radius 2 is 1.53 bits per heavy atom. The molecule has 3 heteroatoms. The molecule has 2 rings (SSSR count). The van der Waals surface area contributed by atoms with Crippen molar-refractivity contribution in [2.75, 3.05) is 0 Å². The van der Waals surface area contributed by atoms with E-state index in [1.54, 1.807) is 6.07 Å². The van der Waals surface area contributed by atoms with Crippen molar-refractivity contribution < 1.29 is 4.74 Å². The highest BCUT2D eigenvalue weighted by molar-refractivity contribution is 6.37. The Balaban J connectivity index is 2.36. The first-order valence-electron chi connectivity index (χ1n) is 5.27. The van der Waals surface area contributed by atoms with E-state index in [9.17, 15) is 0 Å². The summed E-state index contributed by atoms with van der Waals surface area (Å²) in [5.41, 5.74) is 2.12. The van der Waals surface area contributed by atoms with Gasteiger partial charge in [0.1, 0.15) is 5.75 Å². The van der Waals surface area contributed by atoms with E-state index in [2.05, 4.69) is 0 Å². The zero-order chi connectivity index (χ0) is 12.4. The van der Waals surface area contributed by atoms with E-state index in [1.807, 2.05) is 44.2 Å². The van der Waals surface area contributed by atoms with Crippen LogP contribution in [0.15, 0.2) is 36.4 Å². The molecule has 0 unspecified atom stereocenters. The maximum absolute atomic E-state index is 6.17. The van der Waals surface area contributed by atoms with Crippen LogP contribution in [0.1, 0.15) is 11.1 Å². The van der Waals surface area contributed by atoms with Gasteiger partial charge >= 0.3 is 0 Å². The molecular weight excluding hydrogens is 255 g/mol. The maximum atomic E-state index is 6.17. The molecule has 0 fully saturated rings. The largest absolute Gasteiger partial charge is 0.454 e. The van der Waals surface area contributed by atoms with Crippen LogP contribution in [0.5, 0.6) is 11.5 Å². The average Bonchev–Trinajstić information content (AvgIpc) is 2.32. The van der Waals surface area contributed by atoms with Crippen molar-refractivity contribution >= 4 is 23.2 Å². The Kier molecular flexibility index (Phi) is 3.60. The van der Waals surface area contributed by atoms with E-state index in [1.165, 1.54) is 5.56 Å². The van der Waals surface area contributed by atoms with E-state index >= 15 is 0 Å². The molecule has 0 bridgehead atoms. The highest BCUT2D eigenvalue weighted by Crippen LogP contribution is 2.38. The van der Waals surface area contributed by atoms with Gasteiger partial charge in [0.2, 0.25) is 0 Å². The van der Waals surface area contributed by atoms with Gasteiger partial charge in [-0.1, -0.05) is 47.0 Å². The summed E-state index contributed by atoms with van der Waals surface area (Å²) in [5, 5.41) is 1.07. The highest BCUT2D eigenvalue weighted by atomic mass is 35.5. The standard InChI is InChI=1S/C14H12Cl2O/c1-9-3-6-11(7-4-9)17-14-12(15)8-5-10(2)13(14)16/h3-8H,1-2H3. The predicted octanol–water partition coefficient (Wildman–Crippen LogP) is 5.40. The molecule has 0 saturated heterocycles. The Morgan fingerprint density at radius 3 is 2.18 bits per heavy atom. The molecule has 0 aliphatic heterocycles. The van der Waals surface area contributed by atoms with Crippen LogP contribution >= 0.6 is 23.2 Å². The third-order valence-electron chi connectivity index (χ3n) is 2.48. The second-order valence-electron chi connectivity index (χ2n) is 3.92. The summed E-state index contributed by atoms with van der Waals surface area (Å²) >= 11 is 12.2. The molecule has 0 atom stereocenters. The summed E-state index contributed by atoms with van der Waals surface area (Å²) in [7, 11) is 0. The number of hydrogen-bond donors (Lipinski definition) is 0. The van der Waals surface area contributed by atoms with Crippen LogP contribution in [0.4, 0.5) is 0 Å². The molecule has 2 aromatic carbocycles. The Morgan fingerprint density at radius 1 is 0.882 bits per heavy atom. The molecule has 0 radical (unpaired) electrons. The zero-order valence-corrected chi connectivity index (χ0v) is 11.1. The summed E-state index contributed by atoms with van der Waals surface area (Å²) in [6.07, 6.45) is 0. The predicted molar refractivity (Wildman–Crippen MR) is 72.5 cm³/mol. The first kappa shape index (κ1) is 12.3. The van der Waals surface area contributed by atoms with E-state index < -0.39 is 0 Å². The van der Waals surface area contributed by atoms with E-state index in [0.717, 1.165) is 11.3 Å². The Bertz CT molecular complexity index is 533. The van der Waals surface area contributed by atoms with Crippen molar-refractivity contribution in [3.63, 3.8) is 0 Å². The fourth-order valence-corrected chi connectivity index (χ4v) is 1.90. The van der Waals surface area contributed by atoms with Crippen LogP contribution in [-0.2, 0) is 0 Å². The van der Waals surface area contributed by atoms with Crippen molar-refractivity contribution in [3.05, 3.63) is 57.6 Å². The van der Waals surface area contributed by atoms with E-state index in [0.29, 0.717) is 15.8 Å². The zero-order valence-electron chi connectivity index (χ0n) is 9.63. The SMILES string of the molecule is Cc1ccc(Oc2c(Cl)ccc(C)c2Cl)cc1. The molecule has 0 aromatic heterocycles. The lowest BCUT2D eigenvalue weighted by atomic mass is 10.2. The Labute approximate surface area is 111 Å². The van der Waals surface area contributed by atoms with Crippen molar-refractivity contribution in [1.29, 1.82) is 0 Å². The molecule has 88 valence electrons. The van der Waals surface area contributed by atoms with E-state index in [-0.39, 0.29) is 0 Å². The van der Waals surface area contributed by atoms with Gasteiger partial charge in [0.15, 0.2) is 5.75 Å². The average molecular weight is 267 g/mol. The van der Waals surface area contributed by atoms with Crippen molar-refractivity contribution in [1.82, 2.24) is 0 Å². The van der Waals surface area contributed by atoms with Crippen LogP contribution in [-0.4, -0.2) is 0 Å². The quantitative estimate of drug-likeness (QED) is 0.707. The Hall–Kier alpha value is -1.18. The van der Waals surface area contributed by atoms with Crippen LogP contribution in [0.3, 0.4) is 0 Å². The molecule has 0 aliphatic carbocycles. The fraction of sp³-hybridized carbons (Fsp3) is 0.143. The topological polar surface area (TPSA) is 9.23 Å². The number of aryl methyl sites for hydroxylation is 2. The normalized spacial score (nSPS) is 10.4. The molecule has 0 aliphatic rings. The minimum atomic E-state index is 0.511. The first-order chi connectivity index (χ1) is 8.08. The van der Waals surface area contributed by atoms with Gasteiger partial charge in [0, 0.05) is 0 Å². The molecule has 2 aromatic rings. The number of rotatable bonds is 2. The molecule has 0 N–H and O–H groups in total.